The van der Waals surface area contributed by atoms with Gasteiger partial charge in [-0.1, -0.05) is 24.6 Å². The normalized spacial score (nSPS) is 18.3. The zero-order valence-corrected chi connectivity index (χ0v) is 19.3. The summed E-state index contributed by atoms with van der Waals surface area (Å²) in [5.41, 5.74) is 1.66. The number of piperidine rings is 1. The number of amides is 1. The first-order valence-corrected chi connectivity index (χ1v) is 11.6. The fourth-order valence-electron chi connectivity index (χ4n) is 4.49. The average Bonchev–Trinajstić information content (AvgIpc) is 3.25. The van der Waals surface area contributed by atoms with E-state index in [-0.39, 0.29) is 34.8 Å². The number of aromatic nitrogens is 3. The van der Waals surface area contributed by atoms with Gasteiger partial charge in [-0.15, -0.1) is 0 Å². The van der Waals surface area contributed by atoms with E-state index >= 15 is 0 Å². The monoisotopic (exact) mass is 479 g/mol. The van der Waals surface area contributed by atoms with E-state index in [9.17, 15) is 9.18 Å². The van der Waals surface area contributed by atoms with Crippen molar-refractivity contribution in [3.63, 3.8) is 0 Å². The van der Waals surface area contributed by atoms with Gasteiger partial charge in [0, 0.05) is 30.5 Å². The highest BCUT2D eigenvalue weighted by atomic mass is 35.5. The van der Waals surface area contributed by atoms with Crippen LogP contribution in [0, 0.1) is 11.7 Å². The molecule has 9 heteroatoms. The molecular formula is C25H23ClFN5O2. The second-order valence-corrected chi connectivity index (χ2v) is 8.87. The molecule has 4 aromatic rings. The van der Waals surface area contributed by atoms with Gasteiger partial charge in [0.2, 0.25) is 0 Å². The molecule has 2 aromatic carbocycles. The van der Waals surface area contributed by atoms with Crippen LogP contribution in [0.1, 0.15) is 30.1 Å². The Morgan fingerprint density at radius 1 is 1.24 bits per heavy atom. The van der Waals surface area contributed by atoms with Gasteiger partial charge in [-0.2, -0.15) is 4.98 Å². The Bertz CT molecular complexity index is 1330. The minimum atomic E-state index is -0.526. The van der Waals surface area contributed by atoms with Crippen molar-refractivity contribution in [1.82, 2.24) is 19.9 Å². The van der Waals surface area contributed by atoms with Crippen molar-refractivity contribution in [3.05, 3.63) is 71.3 Å². The van der Waals surface area contributed by atoms with Crippen molar-refractivity contribution < 1.29 is 13.6 Å². The van der Waals surface area contributed by atoms with Crippen molar-refractivity contribution in [2.75, 3.05) is 18.4 Å². The topological polar surface area (TPSA) is 84.2 Å². The van der Waals surface area contributed by atoms with Crippen LogP contribution in [0.25, 0.3) is 22.5 Å². The largest absolute Gasteiger partial charge is 0.424 e. The second-order valence-electron chi connectivity index (χ2n) is 8.43. The summed E-state index contributed by atoms with van der Waals surface area (Å²) in [6.07, 6.45) is 4.92. The number of anilines is 1. The molecule has 0 aliphatic carbocycles. The van der Waals surface area contributed by atoms with E-state index in [1.54, 1.807) is 36.4 Å². The summed E-state index contributed by atoms with van der Waals surface area (Å²) in [6, 6.07) is 11.6. The lowest BCUT2D eigenvalue weighted by Crippen LogP contribution is -2.51. The second kappa shape index (κ2) is 9.38. The van der Waals surface area contributed by atoms with E-state index < -0.39 is 5.82 Å². The van der Waals surface area contributed by atoms with E-state index in [2.05, 4.69) is 27.2 Å². The molecule has 0 spiro atoms. The molecule has 7 nitrogen and oxygen atoms in total. The number of rotatable bonds is 5. The molecule has 1 aliphatic rings. The van der Waals surface area contributed by atoms with Gasteiger partial charge in [0.05, 0.1) is 17.2 Å². The average molecular weight is 480 g/mol. The molecule has 34 heavy (non-hydrogen) atoms. The van der Waals surface area contributed by atoms with E-state index in [1.807, 2.05) is 4.90 Å². The molecule has 2 atom stereocenters. The molecule has 0 bridgehead atoms. The molecule has 1 fully saturated rings. The third kappa shape index (κ3) is 4.33. The predicted molar refractivity (Wildman–Crippen MR) is 128 cm³/mol. The summed E-state index contributed by atoms with van der Waals surface area (Å²) in [5, 5.41) is 3.82. The van der Waals surface area contributed by atoms with Crippen molar-refractivity contribution >= 4 is 34.6 Å². The first-order chi connectivity index (χ1) is 16.5. The molecule has 0 unspecified atom stereocenters. The maximum atomic E-state index is 14.8. The van der Waals surface area contributed by atoms with Gasteiger partial charge >= 0.3 is 0 Å². The van der Waals surface area contributed by atoms with Gasteiger partial charge in [0.25, 0.3) is 11.9 Å². The lowest BCUT2D eigenvalue weighted by molar-refractivity contribution is 0.0539. The van der Waals surface area contributed by atoms with Crippen LogP contribution in [0.4, 0.5) is 10.4 Å². The summed E-state index contributed by atoms with van der Waals surface area (Å²) in [7, 11) is 0. The Morgan fingerprint density at radius 2 is 2.06 bits per heavy atom. The Hall–Kier alpha value is -3.52. The smallest absolute Gasteiger partial charge is 0.295 e. The van der Waals surface area contributed by atoms with Gasteiger partial charge < -0.3 is 14.6 Å². The molecular weight excluding hydrogens is 457 g/mol. The third-order valence-corrected chi connectivity index (χ3v) is 6.46. The summed E-state index contributed by atoms with van der Waals surface area (Å²) in [5.74, 6) is -0.352. The fourth-order valence-corrected chi connectivity index (χ4v) is 4.66. The SMILES string of the molecule is C[C@@H]1CCCN(C(=O)c2cccc(F)c2-c2ncccn2)[C@@H]1CNc1nc2cc(Cl)ccc2o1. The number of oxazole rings is 1. The zero-order chi connectivity index (χ0) is 23.7. The number of nitrogens with zero attached hydrogens (tertiary/aromatic N) is 4. The van der Waals surface area contributed by atoms with Gasteiger partial charge in [-0.3, -0.25) is 4.79 Å². The summed E-state index contributed by atoms with van der Waals surface area (Å²) in [6.45, 7) is 3.13. The number of benzene rings is 2. The number of carbonyl (C=O) groups excluding carboxylic acids is 1. The van der Waals surface area contributed by atoms with Crippen LogP contribution in [0.15, 0.2) is 59.3 Å². The number of fused-ring (bicyclic) bond motifs is 1. The minimum absolute atomic E-state index is 0.119. The number of nitrogens with one attached hydrogen (secondary N) is 1. The summed E-state index contributed by atoms with van der Waals surface area (Å²) in [4.78, 5) is 28.3. The van der Waals surface area contributed by atoms with Gasteiger partial charge in [0.15, 0.2) is 11.4 Å². The maximum Gasteiger partial charge on any atom is 0.295 e. The molecule has 0 radical (unpaired) electrons. The molecule has 1 saturated heterocycles. The molecule has 1 amide bonds. The van der Waals surface area contributed by atoms with Crippen LogP contribution in [-0.2, 0) is 0 Å². The van der Waals surface area contributed by atoms with E-state index in [0.29, 0.717) is 35.2 Å². The van der Waals surface area contributed by atoms with E-state index in [4.69, 9.17) is 16.0 Å². The third-order valence-electron chi connectivity index (χ3n) is 6.22. The molecule has 1 N–H and O–H groups in total. The quantitative estimate of drug-likeness (QED) is 0.411. The molecule has 0 saturated carbocycles. The predicted octanol–water partition coefficient (Wildman–Crippen LogP) is 5.43. The Kier molecular flexibility index (Phi) is 6.15. The van der Waals surface area contributed by atoms with Crippen LogP contribution in [0.5, 0.6) is 0 Å². The number of likely N-dealkylation sites (tertiary alicyclic amines) is 1. The minimum Gasteiger partial charge on any atom is -0.424 e. The van der Waals surface area contributed by atoms with Crippen LogP contribution in [0.2, 0.25) is 5.02 Å². The first kappa shape index (κ1) is 22.3. The van der Waals surface area contributed by atoms with Crippen molar-refractivity contribution in [3.8, 4) is 11.4 Å². The summed E-state index contributed by atoms with van der Waals surface area (Å²) < 4.78 is 20.6. The molecule has 3 heterocycles. The number of carbonyl (C=O) groups is 1. The van der Waals surface area contributed by atoms with Crippen LogP contribution < -0.4 is 5.32 Å². The maximum absolute atomic E-state index is 14.8. The van der Waals surface area contributed by atoms with Crippen molar-refractivity contribution in [2.24, 2.45) is 5.92 Å². The highest BCUT2D eigenvalue weighted by Gasteiger charge is 2.34. The number of halogens is 2. The number of hydrogen-bond donors (Lipinski definition) is 1. The molecule has 174 valence electrons. The van der Waals surface area contributed by atoms with Crippen LogP contribution in [0.3, 0.4) is 0 Å². The van der Waals surface area contributed by atoms with Gasteiger partial charge in [-0.25, -0.2) is 14.4 Å². The highest BCUT2D eigenvalue weighted by Crippen LogP contribution is 2.30. The van der Waals surface area contributed by atoms with Gasteiger partial charge in [-0.05, 0) is 55.2 Å². The van der Waals surface area contributed by atoms with E-state index in [0.717, 1.165) is 12.8 Å². The van der Waals surface area contributed by atoms with Crippen LogP contribution >= 0.6 is 11.6 Å². The standard InChI is InChI=1S/C25H23ClFN5O2/c1-15-5-3-12-32(20(15)14-30-25-31-19-13-16(26)8-9-21(19)34-25)24(33)17-6-2-7-18(27)22(17)23-28-10-4-11-29-23/h2,4,6-11,13,15,20H,3,5,12,14H2,1H3,(H,30,31)/t15-,20-/m1/s1. The Labute approximate surface area is 201 Å². The zero-order valence-electron chi connectivity index (χ0n) is 18.5. The lowest BCUT2D eigenvalue weighted by atomic mass is 9.89. The van der Waals surface area contributed by atoms with Gasteiger partial charge in [0.1, 0.15) is 11.3 Å². The first-order valence-electron chi connectivity index (χ1n) is 11.2. The van der Waals surface area contributed by atoms with E-state index in [1.165, 1.54) is 18.5 Å². The van der Waals surface area contributed by atoms with Crippen molar-refractivity contribution in [2.45, 2.75) is 25.8 Å². The summed E-state index contributed by atoms with van der Waals surface area (Å²) >= 11 is 6.04. The lowest BCUT2D eigenvalue weighted by Gasteiger charge is -2.40. The number of hydrogen-bond acceptors (Lipinski definition) is 6. The molecule has 5 rings (SSSR count). The van der Waals surface area contributed by atoms with Crippen molar-refractivity contribution in [1.29, 1.82) is 0 Å². The van der Waals surface area contributed by atoms with Crippen LogP contribution in [-0.4, -0.2) is 44.9 Å². The Morgan fingerprint density at radius 3 is 2.88 bits per heavy atom. The highest BCUT2D eigenvalue weighted by molar-refractivity contribution is 6.31. The molecule has 2 aromatic heterocycles. The molecule has 1 aliphatic heterocycles. The Balaban J connectivity index is 1.42. The fraction of sp³-hybridized carbons (Fsp3) is 0.280.